The van der Waals surface area contributed by atoms with Crippen molar-refractivity contribution in [1.29, 1.82) is 0 Å². The summed E-state index contributed by atoms with van der Waals surface area (Å²) in [5, 5.41) is 4.75. The van der Waals surface area contributed by atoms with E-state index in [1.807, 2.05) is 60.4 Å². The number of para-hydroxylation sites is 1. The number of rotatable bonds is 4. The van der Waals surface area contributed by atoms with Crippen molar-refractivity contribution < 1.29 is 4.74 Å². The topological polar surface area (TPSA) is 30.3 Å². The Morgan fingerprint density at radius 1 is 0.931 bits per heavy atom. The van der Waals surface area contributed by atoms with Crippen molar-refractivity contribution in [3.05, 3.63) is 90.7 Å². The number of aromatic nitrogens is 2. The Hall–Kier alpha value is -3.27. The zero-order chi connectivity index (χ0) is 20.4. The summed E-state index contributed by atoms with van der Waals surface area (Å²) < 4.78 is 8.39. The summed E-state index contributed by atoms with van der Waals surface area (Å²) in [6.07, 6.45) is 7.83. The molecule has 29 heavy (non-hydrogen) atoms. The molecular formula is C25H27N3O. The Kier molecular flexibility index (Phi) is 5.01. The molecule has 148 valence electrons. The van der Waals surface area contributed by atoms with E-state index in [-0.39, 0.29) is 11.6 Å². The number of benzene rings is 2. The van der Waals surface area contributed by atoms with Crippen molar-refractivity contribution in [1.82, 2.24) is 9.78 Å². The molecule has 4 nitrogen and oxygen atoms in total. The van der Waals surface area contributed by atoms with Crippen molar-refractivity contribution >= 4 is 5.82 Å². The number of aryl methyl sites for hydroxylation is 1. The maximum absolute atomic E-state index is 6.47. The maximum Gasteiger partial charge on any atom is 0.197 e. The van der Waals surface area contributed by atoms with Gasteiger partial charge in [0.05, 0.1) is 5.69 Å². The SMILES string of the molecule is Cn1nc(N2C=CC=CC2Oc2ccccc2C(C)(C)C)cc1-c1ccccc1. The minimum Gasteiger partial charge on any atom is -0.466 e. The van der Waals surface area contributed by atoms with E-state index in [4.69, 9.17) is 9.84 Å². The third-order valence-corrected chi connectivity index (χ3v) is 5.05. The van der Waals surface area contributed by atoms with E-state index in [9.17, 15) is 0 Å². The number of anilines is 1. The number of hydrogen-bond donors (Lipinski definition) is 0. The second-order valence-electron chi connectivity index (χ2n) is 8.27. The highest BCUT2D eigenvalue weighted by Crippen LogP contribution is 2.33. The quantitative estimate of drug-likeness (QED) is 0.579. The molecule has 0 saturated carbocycles. The van der Waals surface area contributed by atoms with Crippen LogP contribution in [0.3, 0.4) is 0 Å². The number of ether oxygens (including phenoxy) is 1. The summed E-state index contributed by atoms with van der Waals surface area (Å²) in [7, 11) is 1.97. The van der Waals surface area contributed by atoms with Gasteiger partial charge in [0.1, 0.15) is 5.75 Å². The van der Waals surface area contributed by atoms with Gasteiger partial charge in [-0.1, -0.05) is 75.4 Å². The molecule has 0 saturated heterocycles. The van der Waals surface area contributed by atoms with Gasteiger partial charge in [-0.2, -0.15) is 5.10 Å². The van der Waals surface area contributed by atoms with Crippen LogP contribution in [0, 0.1) is 0 Å². The van der Waals surface area contributed by atoms with Crippen molar-refractivity contribution in [2.75, 3.05) is 4.90 Å². The first-order chi connectivity index (χ1) is 13.9. The van der Waals surface area contributed by atoms with Gasteiger partial charge in [-0.3, -0.25) is 9.58 Å². The molecule has 2 aromatic carbocycles. The molecule has 1 aromatic heterocycles. The van der Waals surface area contributed by atoms with Crippen LogP contribution in [-0.2, 0) is 12.5 Å². The highest BCUT2D eigenvalue weighted by molar-refractivity contribution is 5.65. The lowest BCUT2D eigenvalue weighted by Crippen LogP contribution is -2.36. The molecule has 1 aliphatic rings. The van der Waals surface area contributed by atoms with Crippen molar-refractivity contribution in [3.63, 3.8) is 0 Å². The van der Waals surface area contributed by atoms with E-state index >= 15 is 0 Å². The first kappa shape index (κ1) is 19.1. The van der Waals surface area contributed by atoms with Gasteiger partial charge in [-0.15, -0.1) is 0 Å². The standard InChI is InChI=1S/C25H27N3O/c1-25(2,3)20-14-8-9-15-22(20)29-24-16-10-11-17-28(24)23-18-21(27(4)26-23)19-12-6-5-7-13-19/h5-18,24H,1-4H3. The Balaban J connectivity index is 1.65. The Labute approximate surface area is 172 Å². The van der Waals surface area contributed by atoms with E-state index in [0.29, 0.717) is 0 Å². The molecule has 2 heterocycles. The molecular weight excluding hydrogens is 358 g/mol. The van der Waals surface area contributed by atoms with Crippen LogP contribution in [0.4, 0.5) is 5.82 Å². The molecule has 1 unspecified atom stereocenters. The summed E-state index contributed by atoms with van der Waals surface area (Å²) >= 11 is 0. The highest BCUT2D eigenvalue weighted by atomic mass is 16.5. The first-order valence-corrected chi connectivity index (χ1v) is 9.92. The third-order valence-electron chi connectivity index (χ3n) is 5.05. The predicted molar refractivity (Wildman–Crippen MR) is 119 cm³/mol. The van der Waals surface area contributed by atoms with E-state index in [2.05, 4.69) is 62.1 Å². The predicted octanol–water partition coefficient (Wildman–Crippen LogP) is 5.68. The molecule has 3 aromatic rings. The molecule has 4 rings (SSSR count). The molecule has 1 aliphatic heterocycles. The average Bonchev–Trinajstić information content (AvgIpc) is 3.10. The van der Waals surface area contributed by atoms with E-state index < -0.39 is 0 Å². The Morgan fingerprint density at radius 2 is 1.66 bits per heavy atom. The molecule has 0 radical (unpaired) electrons. The van der Waals surface area contributed by atoms with Gasteiger partial charge in [0.25, 0.3) is 0 Å². The zero-order valence-corrected chi connectivity index (χ0v) is 17.4. The highest BCUT2D eigenvalue weighted by Gasteiger charge is 2.25. The monoisotopic (exact) mass is 385 g/mol. The maximum atomic E-state index is 6.47. The van der Waals surface area contributed by atoms with Crippen LogP contribution in [0.2, 0.25) is 0 Å². The molecule has 0 fully saturated rings. The normalized spacial score (nSPS) is 16.3. The van der Waals surface area contributed by atoms with Gasteiger partial charge in [0, 0.05) is 19.3 Å². The summed E-state index contributed by atoms with van der Waals surface area (Å²) in [4.78, 5) is 2.06. The van der Waals surface area contributed by atoms with Crippen molar-refractivity contribution in [2.45, 2.75) is 32.4 Å². The number of nitrogens with zero attached hydrogens (tertiary/aromatic N) is 3. The number of hydrogen-bond acceptors (Lipinski definition) is 3. The van der Waals surface area contributed by atoms with Crippen LogP contribution in [0.5, 0.6) is 5.75 Å². The largest absolute Gasteiger partial charge is 0.466 e. The molecule has 0 bridgehead atoms. The molecule has 4 heteroatoms. The van der Waals surface area contributed by atoms with Crippen LogP contribution < -0.4 is 9.64 Å². The Morgan fingerprint density at radius 3 is 2.41 bits per heavy atom. The fraction of sp³-hybridized carbons (Fsp3) is 0.240. The lowest BCUT2D eigenvalue weighted by Gasteiger charge is -2.31. The summed E-state index contributed by atoms with van der Waals surface area (Å²) in [6, 6.07) is 20.7. The molecule has 0 N–H and O–H groups in total. The van der Waals surface area contributed by atoms with Crippen LogP contribution in [0.1, 0.15) is 26.3 Å². The summed E-state index contributed by atoms with van der Waals surface area (Å²) in [5.74, 6) is 1.75. The molecule has 1 atom stereocenters. The van der Waals surface area contributed by atoms with Gasteiger partial charge in [0.2, 0.25) is 0 Å². The molecule has 0 aliphatic carbocycles. The van der Waals surface area contributed by atoms with E-state index in [1.54, 1.807) is 0 Å². The molecule has 0 amide bonds. The smallest absolute Gasteiger partial charge is 0.197 e. The van der Waals surface area contributed by atoms with Crippen LogP contribution in [0.25, 0.3) is 11.3 Å². The van der Waals surface area contributed by atoms with Gasteiger partial charge < -0.3 is 4.74 Å². The van der Waals surface area contributed by atoms with Crippen LogP contribution in [0.15, 0.2) is 85.1 Å². The van der Waals surface area contributed by atoms with E-state index in [1.165, 1.54) is 5.56 Å². The van der Waals surface area contributed by atoms with Crippen LogP contribution >= 0.6 is 0 Å². The van der Waals surface area contributed by atoms with Gasteiger partial charge in [-0.05, 0) is 34.8 Å². The van der Waals surface area contributed by atoms with Crippen molar-refractivity contribution in [2.24, 2.45) is 7.05 Å². The zero-order valence-electron chi connectivity index (χ0n) is 17.4. The second-order valence-corrected chi connectivity index (χ2v) is 8.27. The summed E-state index contributed by atoms with van der Waals surface area (Å²) in [5.41, 5.74) is 3.40. The number of allylic oxidation sites excluding steroid dienone is 2. The van der Waals surface area contributed by atoms with Crippen LogP contribution in [-0.4, -0.2) is 16.0 Å². The van der Waals surface area contributed by atoms with Gasteiger partial charge in [-0.25, -0.2) is 0 Å². The fourth-order valence-corrected chi connectivity index (χ4v) is 3.56. The first-order valence-electron chi connectivity index (χ1n) is 9.92. The second kappa shape index (κ2) is 7.63. The fourth-order valence-electron chi connectivity index (χ4n) is 3.56. The van der Waals surface area contributed by atoms with Crippen molar-refractivity contribution in [3.8, 4) is 17.0 Å². The molecule has 0 spiro atoms. The lowest BCUT2D eigenvalue weighted by molar-refractivity contribution is 0.245. The minimum atomic E-state index is -0.262. The minimum absolute atomic E-state index is 0.00111. The third kappa shape index (κ3) is 3.97. The van der Waals surface area contributed by atoms with Gasteiger partial charge >= 0.3 is 0 Å². The lowest BCUT2D eigenvalue weighted by atomic mass is 9.86. The van der Waals surface area contributed by atoms with Gasteiger partial charge in [0.15, 0.2) is 12.0 Å². The Bertz CT molecular complexity index is 1040. The van der Waals surface area contributed by atoms with E-state index in [0.717, 1.165) is 22.8 Å². The summed E-state index contributed by atoms with van der Waals surface area (Å²) in [6.45, 7) is 6.61. The average molecular weight is 386 g/mol.